The first-order valence-corrected chi connectivity index (χ1v) is 21.2. The van der Waals surface area contributed by atoms with Gasteiger partial charge in [-0.1, -0.05) is 152 Å². The van der Waals surface area contributed by atoms with Crippen molar-refractivity contribution in [3.05, 3.63) is 229 Å². The fourth-order valence-electron chi connectivity index (χ4n) is 9.83. The maximum atomic E-state index is 5.33. The minimum atomic E-state index is -0.366. The van der Waals surface area contributed by atoms with Crippen molar-refractivity contribution in [1.29, 1.82) is 0 Å². The van der Waals surface area contributed by atoms with Crippen LogP contribution >= 0.6 is 11.8 Å². The number of allylic oxidation sites excluding steroid dienone is 11. The number of thioether (sulfide) groups is 1. The molecule has 10 rings (SSSR count). The highest BCUT2D eigenvalue weighted by molar-refractivity contribution is 8.00. The topological polar surface area (TPSA) is 37.3 Å². The van der Waals surface area contributed by atoms with Gasteiger partial charge in [0.15, 0.2) is 0 Å². The van der Waals surface area contributed by atoms with E-state index in [-0.39, 0.29) is 34.6 Å². The van der Waals surface area contributed by atoms with E-state index in [1.165, 1.54) is 38.3 Å². The average molecular weight is 768 g/mol. The number of aromatic nitrogens is 1. The molecule has 1 aromatic heterocycles. The van der Waals surface area contributed by atoms with Gasteiger partial charge in [0.25, 0.3) is 0 Å². The normalized spacial score (nSPS) is 23.2. The van der Waals surface area contributed by atoms with E-state index < -0.39 is 0 Å². The minimum Gasteiger partial charge on any atom is -0.360 e. The Balaban J connectivity index is 1.09. The first-order chi connectivity index (χ1) is 28.6. The number of hydrogen-bond acceptors (Lipinski definition) is 4. The lowest BCUT2D eigenvalue weighted by molar-refractivity contribution is 0.446. The molecule has 1 spiro atoms. The van der Waals surface area contributed by atoms with Crippen LogP contribution in [0.4, 0.5) is 0 Å². The SMILES string of the molecule is C=CCC/C=C/C1=NC(C2=CC3Sc4cc(-c5cccc6cccnc56)ccc4C4(c5ccccc5-c5ccccc54)C3C=C2)NC(C(=C)C2C=CC=CC2C=C)=C1. The van der Waals surface area contributed by atoms with Gasteiger partial charge in [-0.15, -0.1) is 24.9 Å². The summed E-state index contributed by atoms with van der Waals surface area (Å²) in [6, 6.07) is 36.0. The monoisotopic (exact) mass is 767 g/mol. The highest BCUT2D eigenvalue weighted by Crippen LogP contribution is 2.64. The predicted molar refractivity (Wildman–Crippen MR) is 245 cm³/mol. The third-order valence-electron chi connectivity index (χ3n) is 12.5. The summed E-state index contributed by atoms with van der Waals surface area (Å²) in [7, 11) is 0. The number of nitrogens with one attached hydrogen (secondary N) is 1. The maximum absolute atomic E-state index is 5.33. The second-order valence-electron chi connectivity index (χ2n) is 15.7. The van der Waals surface area contributed by atoms with E-state index in [9.17, 15) is 0 Å². The number of benzene rings is 4. The number of unbranched alkanes of at least 4 members (excludes halogenated alkanes) is 1. The Kier molecular flexibility index (Phi) is 9.30. The highest BCUT2D eigenvalue weighted by atomic mass is 32.2. The molecule has 0 saturated carbocycles. The van der Waals surface area contributed by atoms with Gasteiger partial charge in [-0.3, -0.25) is 9.98 Å². The molecule has 2 aliphatic heterocycles. The summed E-state index contributed by atoms with van der Waals surface area (Å²) in [6.45, 7) is 12.7. The number of pyridine rings is 1. The number of nitrogens with zero attached hydrogens (tertiary/aromatic N) is 2. The summed E-state index contributed by atoms with van der Waals surface area (Å²) in [6.07, 6.45) is 29.9. The Morgan fingerprint density at radius 3 is 2.40 bits per heavy atom. The zero-order valence-corrected chi connectivity index (χ0v) is 33.3. The van der Waals surface area contributed by atoms with E-state index in [1.54, 1.807) is 0 Å². The van der Waals surface area contributed by atoms with E-state index >= 15 is 0 Å². The van der Waals surface area contributed by atoms with Crippen LogP contribution in [-0.2, 0) is 5.41 Å². The second-order valence-corrected chi connectivity index (χ2v) is 16.9. The lowest BCUT2D eigenvalue weighted by atomic mass is 9.61. The smallest absolute Gasteiger partial charge is 0.145 e. The van der Waals surface area contributed by atoms with Crippen molar-refractivity contribution in [2.45, 2.75) is 34.6 Å². The molecule has 5 unspecified atom stereocenters. The molecule has 5 aliphatic rings. The van der Waals surface area contributed by atoms with Gasteiger partial charge in [-0.2, -0.15) is 0 Å². The summed E-state index contributed by atoms with van der Waals surface area (Å²) in [5, 5.41) is 5.14. The molecule has 4 aromatic carbocycles. The fraction of sp³-hybridized carbons (Fsp3) is 0.148. The summed E-state index contributed by atoms with van der Waals surface area (Å²) in [5.41, 5.74) is 13.9. The van der Waals surface area contributed by atoms with E-state index in [0.717, 1.165) is 51.9 Å². The molecule has 0 bridgehead atoms. The average Bonchev–Trinajstić information content (AvgIpc) is 3.57. The number of rotatable bonds is 9. The molecule has 3 heterocycles. The van der Waals surface area contributed by atoms with Crippen LogP contribution in [0.25, 0.3) is 33.2 Å². The Labute approximate surface area is 346 Å². The van der Waals surface area contributed by atoms with Gasteiger partial charge in [0.1, 0.15) is 6.17 Å². The molecule has 1 N–H and O–H groups in total. The molecule has 0 saturated heterocycles. The van der Waals surface area contributed by atoms with Crippen LogP contribution in [0.2, 0.25) is 0 Å². The van der Waals surface area contributed by atoms with E-state index in [0.29, 0.717) is 0 Å². The summed E-state index contributed by atoms with van der Waals surface area (Å²) in [4.78, 5) is 11.5. The summed E-state index contributed by atoms with van der Waals surface area (Å²) >= 11 is 1.98. The second kappa shape index (κ2) is 14.9. The lowest BCUT2D eigenvalue weighted by Crippen LogP contribution is -2.45. The molecule has 0 amide bonds. The molecule has 4 heteroatoms. The van der Waals surface area contributed by atoms with Crippen LogP contribution in [0.3, 0.4) is 0 Å². The zero-order valence-electron chi connectivity index (χ0n) is 32.5. The van der Waals surface area contributed by atoms with Crippen LogP contribution in [0.15, 0.2) is 223 Å². The predicted octanol–water partition coefficient (Wildman–Crippen LogP) is 12.7. The van der Waals surface area contributed by atoms with Crippen molar-refractivity contribution in [3.8, 4) is 22.3 Å². The van der Waals surface area contributed by atoms with Crippen LogP contribution in [0, 0.1) is 17.8 Å². The van der Waals surface area contributed by atoms with Gasteiger partial charge >= 0.3 is 0 Å². The van der Waals surface area contributed by atoms with Crippen molar-refractivity contribution in [2.24, 2.45) is 22.7 Å². The van der Waals surface area contributed by atoms with Gasteiger partial charge in [0.05, 0.1) is 16.6 Å². The zero-order chi connectivity index (χ0) is 39.2. The molecule has 58 heavy (non-hydrogen) atoms. The van der Waals surface area contributed by atoms with Crippen LogP contribution in [0.1, 0.15) is 29.5 Å². The third kappa shape index (κ3) is 5.89. The molecule has 3 nitrogen and oxygen atoms in total. The molecule has 5 atom stereocenters. The quantitative estimate of drug-likeness (QED) is 0.120. The molecule has 282 valence electrons. The van der Waals surface area contributed by atoms with E-state index in [2.05, 4.69) is 177 Å². The summed E-state index contributed by atoms with van der Waals surface area (Å²) < 4.78 is 0. The molecule has 5 aromatic rings. The van der Waals surface area contributed by atoms with E-state index in [1.807, 2.05) is 36.2 Å². The highest BCUT2D eigenvalue weighted by Gasteiger charge is 2.55. The van der Waals surface area contributed by atoms with Gasteiger partial charge in [-0.05, 0) is 81.7 Å². The van der Waals surface area contributed by atoms with Crippen LogP contribution in [-0.4, -0.2) is 22.1 Å². The van der Waals surface area contributed by atoms with Gasteiger partial charge in [0.2, 0.25) is 0 Å². The van der Waals surface area contributed by atoms with Crippen molar-refractivity contribution >= 4 is 28.4 Å². The molecular formula is C54H45N3S. The number of aliphatic imine (C=N–C) groups is 1. The van der Waals surface area contributed by atoms with Crippen LogP contribution < -0.4 is 5.32 Å². The molecule has 0 radical (unpaired) electrons. The summed E-state index contributed by atoms with van der Waals surface area (Å²) in [5.74, 6) is 0.470. The van der Waals surface area contributed by atoms with Crippen molar-refractivity contribution < 1.29 is 0 Å². The number of hydrogen-bond donors (Lipinski definition) is 1. The standard InChI is InChI=1S/C54H45N3S/c1-4-6-7-8-20-40-34-49(35(3)41-21-10-9-17-36(41)5-2)57-53(56-40)39-28-30-48-51(33-39)58-50-32-38(42-24-15-18-37-19-16-31-55-52(37)42)27-29-47(50)54(48)45-25-13-11-22-43(45)44-23-12-14-26-46(44)54/h4-5,8-34,36,41,48,51,53,57H,1-3,6-7H2/b20-8+. The first-order valence-electron chi connectivity index (χ1n) is 20.3. The minimum absolute atomic E-state index is 0.116. The Morgan fingerprint density at radius 1 is 0.810 bits per heavy atom. The largest absolute Gasteiger partial charge is 0.360 e. The van der Waals surface area contributed by atoms with Gasteiger partial charge in [-0.25, -0.2) is 0 Å². The number of fused-ring (bicyclic) bond motifs is 10. The number of para-hydroxylation sites is 1. The van der Waals surface area contributed by atoms with Crippen molar-refractivity contribution in [2.75, 3.05) is 0 Å². The Bertz CT molecular complexity index is 2680. The Morgan fingerprint density at radius 2 is 1.59 bits per heavy atom. The fourth-order valence-corrected chi connectivity index (χ4v) is 11.3. The third-order valence-corrected chi connectivity index (χ3v) is 13.8. The van der Waals surface area contributed by atoms with Gasteiger partial charge in [0, 0.05) is 50.7 Å². The molecule has 0 fully saturated rings. The molecule has 3 aliphatic carbocycles. The Hall–Kier alpha value is -6.23. The van der Waals surface area contributed by atoms with E-state index in [4.69, 9.17) is 9.98 Å². The van der Waals surface area contributed by atoms with Crippen molar-refractivity contribution in [1.82, 2.24) is 10.3 Å². The van der Waals surface area contributed by atoms with Crippen molar-refractivity contribution in [3.63, 3.8) is 0 Å². The lowest BCUT2D eigenvalue weighted by Gasteiger charge is -2.48. The van der Waals surface area contributed by atoms with Crippen LogP contribution in [0.5, 0.6) is 0 Å². The van der Waals surface area contributed by atoms with Gasteiger partial charge < -0.3 is 5.32 Å². The first kappa shape index (κ1) is 36.1. The molecular weight excluding hydrogens is 723 g/mol. The maximum Gasteiger partial charge on any atom is 0.145 e.